The molecule has 0 saturated carbocycles. The van der Waals surface area contributed by atoms with Gasteiger partial charge < -0.3 is 10.6 Å². The van der Waals surface area contributed by atoms with Crippen LogP contribution >= 0.6 is 11.6 Å². The quantitative estimate of drug-likeness (QED) is 0.860. The maximum absolute atomic E-state index is 13.3. The fraction of sp³-hybridized carbons (Fsp3) is 0.562. The first-order valence-electron chi connectivity index (χ1n) is 7.24. The third-order valence-corrected chi connectivity index (χ3v) is 4.21. The molecule has 2 rings (SSSR count). The monoisotopic (exact) mass is 312 g/mol. The molecule has 0 spiro atoms. The summed E-state index contributed by atoms with van der Waals surface area (Å²) < 4.78 is 13.3. The second-order valence-electron chi connectivity index (χ2n) is 6.60. The Labute approximate surface area is 130 Å². The van der Waals surface area contributed by atoms with Crippen LogP contribution in [0.3, 0.4) is 0 Å². The normalized spacial score (nSPS) is 24.1. The summed E-state index contributed by atoms with van der Waals surface area (Å²) >= 11 is 6.21. The second-order valence-corrected chi connectivity index (χ2v) is 7.01. The molecule has 1 aromatic carbocycles. The van der Waals surface area contributed by atoms with Crippen molar-refractivity contribution in [2.75, 3.05) is 0 Å². The molecule has 1 aromatic rings. The van der Waals surface area contributed by atoms with E-state index < -0.39 is 0 Å². The molecule has 2 N–H and O–H groups in total. The number of nitrogens with two attached hydrogens (primary N) is 1. The van der Waals surface area contributed by atoms with Crippen LogP contribution in [0.1, 0.15) is 51.6 Å². The highest BCUT2D eigenvalue weighted by Crippen LogP contribution is 2.38. The maximum atomic E-state index is 13.3. The van der Waals surface area contributed by atoms with Crippen LogP contribution in [0, 0.1) is 5.82 Å². The van der Waals surface area contributed by atoms with Gasteiger partial charge in [-0.2, -0.15) is 0 Å². The van der Waals surface area contributed by atoms with Gasteiger partial charge >= 0.3 is 0 Å². The smallest absolute Gasteiger partial charge is 0.223 e. The van der Waals surface area contributed by atoms with E-state index in [-0.39, 0.29) is 29.3 Å². The van der Waals surface area contributed by atoms with Crippen molar-refractivity contribution in [2.45, 2.75) is 57.7 Å². The fourth-order valence-electron chi connectivity index (χ4n) is 3.02. The lowest BCUT2D eigenvalue weighted by Crippen LogP contribution is -2.51. The number of carbonyl (C=O) groups excluding carboxylic acids is 1. The van der Waals surface area contributed by atoms with Crippen LogP contribution in [-0.4, -0.2) is 22.4 Å². The van der Waals surface area contributed by atoms with Crippen molar-refractivity contribution in [3.8, 4) is 0 Å². The van der Waals surface area contributed by atoms with Crippen molar-refractivity contribution in [1.82, 2.24) is 4.90 Å². The van der Waals surface area contributed by atoms with E-state index in [0.29, 0.717) is 11.4 Å². The molecule has 0 aliphatic carbocycles. The molecule has 1 saturated heterocycles. The van der Waals surface area contributed by atoms with Gasteiger partial charge in [0.15, 0.2) is 0 Å². The number of hydrogen-bond donors (Lipinski definition) is 1. The maximum Gasteiger partial charge on any atom is 0.223 e. The van der Waals surface area contributed by atoms with Gasteiger partial charge in [-0.05, 0) is 51.3 Å². The van der Waals surface area contributed by atoms with Crippen LogP contribution in [0.25, 0.3) is 0 Å². The van der Waals surface area contributed by atoms with E-state index in [1.807, 2.05) is 25.7 Å². The lowest BCUT2D eigenvalue weighted by molar-refractivity contribution is -0.139. The van der Waals surface area contributed by atoms with E-state index >= 15 is 0 Å². The summed E-state index contributed by atoms with van der Waals surface area (Å²) in [6, 6.07) is 3.75. The Hall–Kier alpha value is -1.13. The summed E-state index contributed by atoms with van der Waals surface area (Å²) in [4.78, 5) is 14.3. The molecular weight excluding hydrogens is 291 g/mol. The molecule has 21 heavy (non-hydrogen) atoms. The van der Waals surface area contributed by atoms with Gasteiger partial charge in [-0.25, -0.2) is 4.39 Å². The van der Waals surface area contributed by atoms with E-state index in [2.05, 4.69) is 0 Å². The molecule has 5 heteroatoms. The first kappa shape index (κ1) is 16.2. The van der Waals surface area contributed by atoms with Gasteiger partial charge in [-0.1, -0.05) is 17.7 Å². The van der Waals surface area contributed by atoms with E-state index in [1.165, 1.54) is 12.1 Å². The standard InChI is InChI=1S/C16H22ClFN2O/c1-16(2,3)20-14(21)6-4-5-13(19)15(20)11-8-7-10(18)9-12(11)17/h7-9,13,15H,4-6,19H2,1-3H3. The van der Waals surface area contributed by atoms with Crippen molar-refractivity contribution < 1.29 is 9.18 Å². The fourth-order valence-corrected chi connectivity index (χ4v) is 3.30. The zero-order valence-electron chi connectivity index (χ0n) is 12.7. The minimum absolute atomic E-state index is 0.0702. The number of nitrogens with zero attached hydrogens (tertiary/aromatic N) is 1. The van der Waals surface area contributed by atoms with E-state index in [0.717, 1.165) is 18.4 Å². The lowest BCUT2D eigenvalue weighted by atomic mass is 9.92. The molecule has 1 heterocycles. The molecule has 1 amide bonds. The summed E-state index contributed by atoms with van der Waals surface area (Å²) in [5.41, 5.74) is 6.67. The number of amides is 1. The number of halogens is 2. The van der Waals surface area contributed by atoms with Crippen molar-refractivity contribution in [1.29, 1.82) is 0 Å². The first-order chi connectivity index (χ1) is 9.71. The third kappa shape index (κ3) is 3.38. The summed E-state index contributed by atoms with van der Waals surface area (Å²) in [6.45, 7) is 5.94. The van der Waals surface area contributed by atoms with Gasteiger partial charge in [0.2, 0.25) is 5.91 Å². The molecule has 0 radical (unpaired) electrons. The zero-order chi connectivity index (χ0) is 15.8. The highest BCUT2D eigenvalue weighted by Gasteiger charge is 2.39. The average Bonchev–Trinajstić information content (AvgIpc) is 2.48. The van der Waals surface area contributed by atoms with Crippen molar-refractivity contribution in [2.24, 2.45) is 5.73 Å². The average molecular weight is 313 g/mol. The molecule has 0 bridgehead atoms. The topological polar surface area (TPSA) is 46.3 Å². The Morgan fingerprint density at radius 3 is 2.62 bits per heavy atom. The van der Waals surface area contributed by atoms with Crippen LogP contribution in [0.4, 0.5) is 4.39 Å². The van der Waals surface area contributed by atoms with Crippen LogP contribution < -0.4 is 5.73 Å². The predicted molar refractivity (Wildman–Crippen MR) is 82.6 cm³/mol. The van der Waals surface area contributed by atoms with Crippen LogP contribution in [-0.2, 0) is 4.79 Å². The van der Waals surface area contributed by atoms with Crippen LogP contribution in [0.2, 0.25) is 5.02 Å². The molecule has 1 aliphatic rings. The van der Waals surface area contributed by atoms with Gasteiger partial charge in [0, 0.05) is 23.0 Å². The summed E-state index contributed by atoms with van der Waals surface area (Å²) in [5, 5.41) is 0.319. The summed E-state index contributed by atoms with van der Waals surface area (Å²) in [7, 11) is 0. The number of rotatable bonds is 1. The molecule has 2 atom stereocenters. The van der Waals surface area contributed by atoms with E-state index in [1.54, 1.807) is 6.07 Å². The van der Waals surface area contributed by atoms with E-state index in [9.17, 15) is 9.18 Å². The van der Waals surface area contributed by atoms with Crippen LogP contribution in [0.5, 0.6) is 0 Å². The number of hydrogen-bond acceptors (Lipinski definition) is 2. The summed E-state index contributed by atoms with van der Waals surface area (Å²) in [5.74, 6) is -0.319. The Balaban J connectivity index is 2.54. The minimum Gasteiger partial charge on any atom is -0.329 e. The molecule has 1 aliphatic heterocycles. The van der Waals surface area contributed by atoms with Crippen molar-refractivity contribution in [3.05, 3.63) is 34.6 Å². The SMILES string of the molecule is CC(C)(C)N1C(=O)CCCC(N)C1c1ccc(F)cc1Cl. The molecule has 0 aromatic heterocycles. The van der Waals surface area contributed by atoms with Crippen molar-refractivity contribution in [3.63, 3.8) is 0 Å². The van der Waals surface area contributed by atoms with Gasteiger partial charge in [-0.3, -0.25) is 4.79 Å². The number of carbonyl (C=O) groups is 1. The molecule has 2 unspecified atom stereocenters. The summed E-state index contributed by atoms with van der Waals surface area (Å²) in [6.07, 6.45) is 2.00. The Bertz CT molecular complexity index is 542. The second kappa shape index (κ2) is 5.93. The molecule has 116 valence electrons. The van der Waals surface area contributed by atoms with Gasteiger partial charge in [0.05, 0.1) is 6.04 Å². The first-order valence-corrected chi connectivity index (χ1v) is 7.62. The third-order valence-electron chi connectivity index (χ3n) is 3.88. The highest BCUT2D eigenvalue weighted by molar-refractivity contribution is 6.31. The van der Waals surface area contributed by atoms with Gasteiger partial charge in [0.25, 0.3) is 0 Å². The van der Waals surface area contributed by atoms with Gasteiger partial charge in [-0.15, -0.1) is 0 Å². The Morgan fingerprint density at radius 2 is 2.05 bits per heavy atom. The predicted octanol–water partition coefficient (Wildman–Crippen LogP) is 3.66. The molecule has 3 nitrogen and oxygen atoms in total. The van der Waals surface area contributed by atoms with Gasteiger partial charge in [0.1, 0.15) is 5.82 Å². The Morgan fingerprint density at radius 1 is 1.38 bits per heavy atom. The minimum atomic E-state index is -0.389. The van der Waals surface area contributed by atoms with E-state index in [4.69, 9.17) is 17.3 Å². The van der Waals surface area contributed by atoms with Crippen molar-refractivity contribution >= 4 is 17.5 Å². The molecular formula is C16H22ClFN2O. The highest BCUT2D eigenvalue weighted by atomic mass is 35.5. The number of benzene rings is 1. The number of likely N-dealkylation sites (tertiary alicyclic amines) is 1. The van der Waals surface area contributed by atoms with Crippen LogP contribution in [0.15, 0.2) is 18.2 Å². The zero-order valence-corrected chi connectivity index (χ0v) is 13.5. The lowest BCUT2D eigenvalue weighted by Gasteiger charge is -2.43. The molecule has 1 fully saturated rings. The largest absolute Gasteiger partial charge is 0.329 e. The Kier molecular flexibility index (Phi) is 4.59.